The number of carbonyl (C=O) groups is 1. The Morgan fingerprint density at radius 1 is 1.46 bits per heavy atom. The summed E-state index contributed by atoms with van der Waals surface area (Å²) in [6.45, 7) is 5.05. The van der Waals surface area contributed by atoms with Gasteiger partial charge in [-0.3, -0.25) is 4.79 Å². The van der Waals surface area contributed by atoms with Gasteiger partial charge < -0.3 is 14.7 Å². The summed E-state index contributed by atoms with van der Waals surface area (Å²) in [6.07, 6.45) is 2.24. The summed E-state index contributed by atoms with van der Waals surface area (Å²) in [5, 5.41) is 20.7. The summed E-state index contributed by atoms with van der Waals surface area (Å²) in [6, 6.07) is 6.01. The summed E-state index contributed by atoms with van der Waals surface area (Å²) in [5.41, 5.74) is 1.54. The van der Waals surface area contributed by atoms with E-state index in [9.17, 15) is 9.90 Å². The molecular weight excluding hydrogens is 308 g/mol. The van der Waals surface area contributed by atoms with Crippen LogP contribution in [-0.4, -0.2) is 51.0 Å². The molecule has 1 aromatic heterocycles. The Balaban J connectivity index is 1.52. The fourth-order valence-electron chi connectivity index (χ4n) is 2.91. The van der Waals surface area contributed by atoms with E-state index in [0.29, 0.717) is 25.3 Å². The van der Waals surface area contributed by atoms with E-state index in [-0.39, 0.29) is 18.9 Å². The van der Waals surface area contributed by atoms with E-state index < -0.39 is 5.60 Å². The first-order valence-corrected chi connectivity index (χ1v) is 8.04. The fourth-order valence-corrected chi connectivity index (χ4v) is 2.91. The van der Waals surface area contributed by atoms with E-state index in [1.807, 2.05) is 32.0 Å². The van der Waals surface area contributed by atoms with Gasteiger partial charge in [-0.1, -0.05) is 12.1 Å². The number of nitrogens with one attached hydrogen (secondary N) is 1. The Hall–Kier alpha value is -2.41. The summed E-state index contributed by atoms with van der Waals surface area (Å²) in [7, 11) is 0. The Morgan fingerprint density at radius 3 is 3.04 bits per heavy atom. The molecule has 1 amide bonds. The molecule has 0 spiro atoms. The molecule has 7 heteroatoms. The number of H-pyrrole nitrogens is 1. The average molecular weight is 330 g/mol. The van der Waals surface area contributed by atoms with Crippen molar-refractivity contribution in [3.8, 4) is 5.75 Å². The van der Waals surface area contributed by atoms with Crippen LogP contribution in [0.5, 0.6) is 5.75 Å². The number of aromatic amines is 1. The molecule has 3 rings (SSSR count). The monoisotopic (exact) mass is 330 g/mol. The number of aryl methyl sites for hydroxylation is 2. The van der Waals surface area contributed by atoms with Crippen LogP contribution in [0.15, 0.2) is 24.4 Å². The van der Waals surface area contributed by atoms with Gasteiger partial charge in [0.25, 0.3) is 0 Å². The zero-order valence-corrected chi connectivity index (χ0v) is 14.0. The Labute approximate surface area is 140 Å². The van der Waals surface area contributed by atoms with Gasteiger partial charge in [-0.2, -0.15) is 15.4 Å². The van der Waals surface area contributed by atoms with Crippen molar-refractivity contribution < 1.29 is 14.6 Å². The van der Waals surface area contributed by atoms with Crippen molar-refractivity contribution in [2.75, 3.05) is 19.7 Å². The minimum Gasteiger partial charge on any atom is -0.493 e. The van der Waals surface area contributed by atoms with Crippen LogP contribution in [0.1, 0.15) is 29.7 Å². The molecule has 1 aliphatic rings. The number of aliphatic hydroxyl groups is 1. The standard InChI is InChI=1S/C17H22N4O3/c1-12-3-4-13(2)14(9-12)24-8-5-16(22)21-7-6-17(23,11-21)15-10-18-20-19-15/h3-4,9-10,23H,5-8,11H2,1-2H3,(H,18,19,20). The van der Waals surface area contributed by atoms with Crippen LogP contribution >= 0.6 is 0 Å². The maximum absolute atomic E-state index is 12.3. The second-order valence-electron chi connectivity index (χ2n) is 6.32. The number of nitrogens with zero attached hydrogens (tertiary/aromatic N) is 3. The van der Waals surface area contributed by atoms with E-state index >= 15 is 0 Å². The van der Waals surface area contributed by atoms with Gasteiger partial charge >= 0.3 is 0 Å². The van der Waals surface area contributed by atoms with Gasteiger partial charge in [0.15, 0.2) is 0 Å². The molecule has 1 atom stereocenters. The van der Waals surface area contributed by atoms with Crippen LogP contribution in [0.3, 0.4) is 0 Å². The predicted octanol–water partition coefficient (Wildman–Crippen LogP) is 1.31. The van der Waals surface area contributed by atoms with E-state index in [0.717, 1.165) is 16.9 Å². The number of carbonyl (C=O) groups excluding carboxylic acids is 1. The maximum atomic E-state index is 12.3. The van der Waals surface area contributed by atoms with E-state index in [2.05, 4.69) is 15.4 Å². The second-order valence-corrected chi connectivity index (χ2v) is 6.32. The molecule has 7 nitrogen and oxygen atoms in total. The lowest BCUT2D eigenvalue weighted by atomic mass is 10.00. The molecule has 1 aromatic carbocycles. The third-order valence-corrected chi connectivity index (χ3v) is 4.41. The van der Waals surface area contributed by atoms with E-state index in [1.165, 1.54) is 6.20 Å². The van der Waals surface area contributed by atoms with Crippen LogP contribution in [0.4, 0.5) is 0 Å². The summed E-state index contributed by atoms with van der Waals surface area (Å²) >= 11 is 0. The molecule has 1 fully saturated rings. The highest BCUT2D eigenvalue weighted by Crippen LogP contribution is 2.30. The highest BCUT2D eigenvalue weighted by molar-refractivity contribution is 5.76. The largest absolute Gasteiger partial charge is 0.493 e. The Morgan fingerprint density at radius 2 is 2.29 bits per heavy atom. The molecule has 1 unspecified atom stereocenters. The predicted molar refractivity (Wildman–Crippen MR) is 87.5 cm³/mol. The molecule has 0 saturated carbocycles. The number of amides is 1. The van der Waals surface area contributed by atoms with Gasteiger partial charge in [0, 0.05) is 13.0 Å². The summed E-state index contributed by atoms with van der Waals surface area (Å²) in [5.74, 6) is 0.781. The van der Waals surface area contributed by atoms with Crippen molar-refractivity contribution in [2.24, 2.45) is 0 Å². The zero-order chi connectivity index (χ0) is 17.2. The number of hydrogen-bond donors (Lipinski definition) is 2. The fraction of sp³-hybridized carbons (Fsp3) is 0.471. The molecule has 2 N–H and O–H groups in total. The van der Waals surface area contributed by atoms with Crippen molar-refractivity contribution in [1.29, 1.82) is 0 Å². The molecule has 1 saturated heterocycles. The lowest BCUT2D eigenvalue weighted by Gasteiger charge is -2.21. The van der Waals surface area contributed by atoms with E-state index in [4.69, 9.17) is 4.74 Å². The first kappa shape index (κ1) is 16.4. The SMILES string of the molecule is Cc1ccc(C)c(OCCC(=O)N2CCC(O)(c3cn[nH]n3)C2)c1. The maximum Gasteiger partial charge on any atom is 0.226 e. The normalized spacial score (nSPS) is 20.4. The minimum absolute atomic E-state index is 0.0280. The highest BCUT2D eigenvalue weighted by Gasteiger charge is 2.41. The van der Waals surface area contributed by atoms with Crippen LogP contribution in [-0.2, 0) is 10.4 Å². The van der Waals surface area contributed by atoms with Gasteiger partial charge in [-0.25, -0.2) is 0 Å². The lowest BCUT2D eigenvalue weighted by molar-refractivity contribution is -0.131. The van der Waals surface area contributed by atoms with Crippen LogP contribution in [0.2, 0.25) is 0 Å². The highest BCUT2D eigenvalue weighted by atomic mass is 16.5. The number of likely N-dealkylation sites (tertiary alicyclic amines) is 1. The van der Waals surface area contributed by atoms with Crippen molar-refractivity contribution >= 4 is 5.91 Å². The average Bonchev–Trinajstić information content (AvgIpc) is 3.21. The smallest absolute Gasteiger partial charge is 0.226 e. The molecule has 0 aliphatic carbocycles. The van der Waals surface area contributed by atoms with E-state index in [1.54, 1.807) is 4.90 Å². The van der Waals surface area contributed by atoms with Gasteiger partial charge in [0.2, 0.25) is 5.91 Å². The third kappa shape index (κ3) is 3.41. The molecule has 24 heavy (non-hydrogen) atoms. The molecule has 2 heterocycles. The van der Waals surface area contributed by atoms with Crippen molar-refractivity contribution in [2.45, 2.75) is 32.3 Å². The quantitative estimate of drug-likeness (QED) is 0.862. The van der Waals surface area contributed by atoms with Crippen molar-refractivity contribution in [3.05, 3.63) is 41.2 Å². The number of aromatic nitrogens is 3. The summed E-state index contributed by atoms with van der Waals surface area (Å²) in [4.78, 5) is 14.0. The van der Waals surface area contributed by atoms with Gasteiger partial charge in [-0.15, -0.1) is 0 Å². The Bertz CT molecular complexity index is 717. The van der Waals surface area contributed by atoms with Gasteiger partial charge in [0.05, 0.1) is 25.8 Å². The van der Waals surface area contributed by atoms with Crippen LogP contribution in [0.25, 0.3) is 0 Å². The van der Waals surface area contributed by atoms with Crippen LogP contribution in [0, 0.1) is 13.8 Å². The first-order chi connectivity index (χ1) is 11.5. The number of rotatable bonds is 5. The molecule has 1 aliphatic heterocycles. The Kier molecular flexibility index (Phi) is 4.53. The zero-order valence-electron chi connectivity index (χ0n) is 14.0. The summed E-state index contributed by atoms with van der Waals surface area (Å²) < 4.78 is 5.73. The second kappa shape index (κ2) is 6.60. The molecule has 0 bridgehead atoms. The molecule has 2 aromatic rings. The van der Waals surface area contributed by atoms with Crippen LogP contribution < -0.4 is 4.74 Å². The lowest BCUT2D eigenvalue weighted by Crippen LogP contribution is -2.35. The molecule has 0 radical (unpaired) electrons. The first-order valence-electron chi connectivity index (χ1n) is 8.04. The van der Waals surface area contributed by atoms with Gasteiger partial charge in [-0.05, 0) is 31.0 Å². The molecule has 128 valence electrons. The number of benzene rings is 1. The number of hydrogen-bond acceptors (Lipinski definition) is 5. The molecular formula is C17H22N4O3. The minimum atomic E-state index is -1.11. The number of ether oxygens (including phenoxy) is 1. The number of β-amino-alcohol motifs (C(OH)–C–C–N with tert-alkyl or cyclic N) is 1. The van der Waals surface area contributed by atoms with Gasteiger partial charge in [0.1, 0.15) is 17.0 Å². The van der Waals surface area contributed by atoms with Crippen molar-refractivity contribution in [3.63, 3.8) is 0 Å². The topological polar surface area (TPSA) is 91.3 Å². The van der Waals surface area contributed by atoms with Crippen molar-refractivity contribution in [1.82, 2.24) is 20.3 Å². The third-order valence-electron chi connectivity index (χ3n) is 4.41.